The number of benzene rings is 1. The first-order chi connectivity index (χ1) is 8.29. The largest absolute Gasteiger partial charge is 0.330 e. The van der Waals surface area contributed by atoms with Crippen molar-refractivity contribution in [1.29, 1.82) is 0 Å². The molecule has 0 bridgehead atoms. The van der Waals surface area contributed by atoms with Crippen molar-refractivity contribution in [2.75, 3.05) is 6.54 Å². The average Bonchev–Trinajstić information content (AvgIpc) is 2.35. The molecule has 1 unspecified atom stereocenters. The smallest absolute Gasteiger partial charge is 0.0210 e. The summed E-state index contributed by atoms with van der Waals surface area (Å²) in [5.41, 5.74) is 7.26. The lowest BCUT2D eigenvalue weighted by Crippen LogP contribution is -2.13. The van der Waals surface area contributed by atoms with Crippen molar-refractivity contribution in [3.8, 4) is 0 Å². The first-order valence-electron chi connectivity index (χ1n) is 6.74. The molecule has 0 aliphatic carbocycles. The van der Waals surface area contributed by atoms with Gasteiger partial charge in [0.15, 0.2) is 0 Å². The van der Waals surface area contributed by atoms with Crippen LogP contribution >= 0.6 is 15.9 Å². The molecular formula is C15H24BrN. The Morgan fingerprint density at radius 2 is 1.82 bits per heavy atom. The summed E-state index contributed by atoms with van der Waals surface area (Å²) in [6.07, 6.45) is 7.89. The maximum Gasteiger partial charge on any atom is 0.0210 e. The lowest BCUT2D eigenvalue weighted by atomic mass is 9.93. The molecule has 0 aliphatic heterocycles. The van der Waals surface area contributed by atoms with Crippen LogP contribution in [0.15, 0.2) is 28.7 Å². The highest BCUT2D eigenvalue weighted by molar-refractivity contribution is 9.10. The van der Waals surface area contributed by atoms with Gasteiger partial charge in [-0.15, -0.1) is 0 Å². The Hall–Kier alpha value is -0.340. The Kier molecular flexibility index (Phi) is 7.54. The van der Waals surface area contributed by atoms with Crippen molar-refractivity contribution in [1.82, 2.24) is 0 Å². The third-order valence-corrected chi connectivity index (χ3v) is 4.01. The number of rotatable bonds is 8. The van der Waals surface area contributed by atoms with E-state index in [1.165, 1.54) is 48.6 Å². The third kappa shape index (κ3) is 5.22. The second-order valence-electron chi connectivity index (χ2n) is 4.66. The molecule has 1 aromatic rings. The summed E-state index contributed by atoms with van der Waals surface area (Å²) in [7, 11) is 0. The molecule has 1 rings (SSSR count). The van der Waals surface area contributed by atoms with Gasteiger partial charge in [0.1, 0.15) is 0 Å². The fraction of sp³-hybridized carbons (Fsp3) is 0.600. The van der Waals surface area contributed by atoms with Gasteiger partial charge in [0.2, 0.25) is 0 Å². The van der Waals surface area contributed by atoms with Gasteiger partial charge in [-0.2, -0.15) is 0 Å². The molecule has 2 heteroatoms. The van der Waals surface area contributed by atoms with Crippen LogP contribution in [-0.4, -0.2) is 6.54 Å². The topological polar surface area (TPSA) is 26.0 Å². The zero-order valence-corrected chi connectivity index (χ0v) is 12.4. The van der Waals surface area contributed by atoms with Crippen LogP contribution in [0.3, 0.4) is 0 Å². The van der Waals surface area contributed by atoms with Crippen molar-refractivity contribution in [2.45, 2.75) is 51.4 Å². The van der Waals surface area contributed by atoms with Crippen LogP contribution in [-0.2, 0) is 0 Å². The molecule has 0 spiro atoms. The number of halogens is 1. The molecule has 1 aromatic carbocycles. The normalized spacial score (nSPS) is 12.6. The maximum atomic E-state index is 5.89. The number of hydrogen-bond donors (Lipinski definition) is 1. The zero-order valence-electron chi connectivity index (χ0n) is 10.8. The Balaban J connectivity index is 2.41. The van der Waals surface area contributed by atoms with Crippen LogP contribution in [0.5, 0.6) is 0 Å². The van der Waals surface area contributed by atoms with Gasteiger partial charge in [0.05, 0.1) is 0 Å². The first-order valence-corrected chi connectivity index (χ1v) is 7.53. The minimum atomic E-state index is 0.507. The van der Waals surface area contributed by atoms with Gasteiger partial charge in [-0.05, 0) is 30.5 Å². The van der Waals surface area contributed by atoms with E-state index in [1.54, 1.807) is 0 Å². The Morgan fingerprint density at radius 3 is 2.47 bits per heavy atom. The highest BCUT2D eigenvalue weighted by atomic mass is 79.9. The van der Waals surface area contributed by atoms with E-state index in [9.17, 15) is 0 Å². The SMILES string of the molecule is CCCCCCCC(CN)c1ccccc1Br. The lowest BCUT2D eigenvalue weighted by Gasteiger charge is -2.16. The van der Waals surface area contributed by atoms with Gasteiger partial charge in [-0.1, -0.05) is 73.2 Å². The second kappa shape index (κ2) is 8.71. The average molecular weight is 298 g/mol. The van der Waals surface area contributed by atoms with E-state index in [4.69, 9.17) is 5.73 Å². The van der Waals surface area contributed by atoms with Crippen LogP contribution < -0.4 is 5.73 Å². The fourth-order valence-electron chi connectivity index (χ4n) is 2.20. The van der Waals surface area contributed by atoms with E-state index >= 15 is 0 Å². The summed E-state index contributed by atoms with van der Waals surface area (Å²) in [6.45, 7) is 3.00. The van der Waals surface area contributed by atoms with E-state index < -0.39 is 0 Å². The molecule has 1 atom stereocenters. The Bertz CT molecular complexity index is 312. The standard InChI is InChI=1S/C15H24BrN/c1-2-3-4-5-6-9-13(12-17)14-10-7-8-11-15(14)16/h7-8,10-11,13H,2-6,9,12,17H2,1H3. The lowest BCUT2D eigenvalue weighted by molar-refractivity contribution is 0.548. The van der Waals surface area contributed by atoms with Crippen LogP contribution in [0.1, 0.15) is 56.9 Å². The van der Waals surface area contributed by atoms with Gasteiger partial charge in [-0.25, -0.2) is 0 Å². The van der Waals surface area contributed by atoms with Crippen molar-refractivity contribution < 1.29 is 0 Å². The van der Waals surface area contributed by atoms with Crippen LogP contribution in [0, 0.1) is 0 Å². The van der Waals surface area contributed by atoms with Gasteiger partial charge < -0.3 is 5.73 Å². The fourth-order valence-corrected chi connectivity index (χ4v) is 2.81. The van der Waals surface area contributed by atoms with E-state index in [2.05, 4.69) is 47.1 Å². The van der Waals surface area contributed by atoms with Crippen molar-refractivity contribution >= 4 is 15.9 Å². The van der Waals surface area contributed by atoms with Gasteiger partial charge >= 0.3 is 0 Å². The van der Waals surface area contributed by atoms with Crippen LogP contribution in [0.25, 0.3) is 0 Å². The van der Waals surface area contributed by atoms with E-state index in [0.717, 1.165) is 6.54 Å². The summed E-state index contributed by atoms with van der Waals surface area (Å²) >= 11 is 3.62. The van der Waals surface area contributed by atoms with Crippen LogP contribution in [0.2, 0.25) is 0 Å². The Labute approximate surface area is 114 Å². The maximum absolute atomic E-state index is 5.89. The molecule has 0 radical (unpaired) electrons. The highest BCUT2D eigenvalue weighted by Crippen LogP contribution is 2.28. The molecule has 0 aliphatic rings. The molecule has 0 saturated heterocycles. The summed E-state index contributed by atoms with van der Waals surface area (Å²) in [5, 5.41) is 0. The van der Waals surface area contributed by atoms with Crippen molar-refractivity contribution in [3.63, 3.8) is 0 Å². The second-order valence-corrected chi connectivity index (χ2v) is 5.51. The molecule has 1 nitrogen and oxygen atoms in total. The zero-order chi connectivity index (χ0) is 12.5. The van der Waals surface area contributed by atoms with Gasteiger partial charge in [0.25, 0.3) is 0 Å². The molecule has 0 aromatic heterocycles. The summed E-state index contributed by atoms with van der Waals surface area (Å²) in [4.78, 5) is 0. The Morgan fingerprint density at radius 1 is 1.12 bits per heavy atom. The van der Waals surface area contributed by atoms with E-state index in [0.29, 0.717) is 5.92 Å². The van der Waals surface area contributed by atoms with Crippen molar-refractivity contribution in [3.05, 3.63) is 34.3 Å². The minimum Gasteiger partial charge on any atom is -0.330 e. The predicted molar refractivity (Wildman–Crippen MR) is 79.3 cm³/mol. The molecular weight excluding hydrogens is 274 g/mol. The molecule has 0 fully saturated rings. The van der Waals surface area contributed by atoms with Gasteiger partial charge in [-0.3, -0.25) is 0 Å². The first kappa shape index (κ1) is 14.7. The highest BCUT2D eigenvalue weighted by Gasteiger charge is 2.11. The molecule has 0 amide bonds. The molecule has 0 saturated carbocycles. The number of unbranched alkanes of at least 4 members (excludes halogenated alkanes) is 4. The number of nitrogens with two attached hydrogens (primary N) is 1. The van der Waals surface area contributed by atoms with E-state index in [-0.39, 0.29) is 0 Å². The predicted octanol–water partition coefficient (Wildman–Crippen LogP) is 4.85. The quantitative estimate of drug-likeness (QED) is 0.682. The summed E-state index contributed by atoms with van der Waals surface area (Å²) in [6, 6.07) is 8.45. The van der Waals surface area contributed by atoms with Crippen molar-refractivity contribution in [2.24, 2.45) is 5.73 Å². The third-order valence-electron chi connectivity index (χ3n) is 3.29. The molecule has 2 N–H and O–H groups in total. The van der Waals surface area contributed by atoms with Gasteiger partial charge in [0, 0.05) is 4.47 Å². The molecule has 17 heavy (non-hydrogen) atoms. The summed E-state index contributed by atoms with van der Waals surface area (Å²) < 4.78 is 1.20. The minimum absolute atomic E-state index is 0.507. The molecule has 96 valence electrons. The van der Waals surface area contributed by atoms with Crippen LogP contribution in [0.4, 0.5) is 0 Å². The summed E-state index contributed by atoms with van der Waals surface area (Å²) in [5.74, 6) is 0.507. The number of hydrogen-bond acceptors (Lipinski definition) is 1. The van der Waals surface area contributed by atoms with E-state index in [1.807, 2.05) is 0 Å². The monoisotopic (exact) mass is 297 g/mol. The molecule has 0 heterocycles.